The van der Waals surface area contributed by atoms with Crippen LogP contribution in [0.1, 0.15) is 24.1 Å². The number of carbonyl (C=O) groups is 1. The molecule has 2 aromatic carbocycles. The van der Waals surface area contributed by atoms with Crippen LogP contribution in [0, 0.1) is 5.92 Å². The van der Waals surface area contributed by atoms with E-state index >= 15 is 0 Å². The molecule has 5 nitrogen and oxygen atoms in total. The number of rotatable bonds is 5. The number of nitrogens with one attached hydrogen (secondary N) is 1. The van der Waals surface area contributed by atoms with Crippen LogP contribution in [-0.2, 0) is 11.2 Å². The highest BCUT2D eigenvalue weighted by atomic mass is 35.5. The maximum atomic E-state index is 12.7. The van der Waals surface area contributed by atoms with Gasteiger partial charge in [-0.2, -0.15) is 0 Å². The van der Waals surface area contributed by atoms with Crippen LogP contribution < -0.4 is 19.5 Å². The summed E-state index contributed by atoms with van der Waals surface area (Å²) in [6.07, 6.45) is 0.601. The third-order valence-corrected chi connectivity index (χ3v) is 4.80. The summed E-state index contributed by atoms with van der Waals surface area (Å²) in [7, 11) is 3.21. The number of halogens is 1. The third kappa shape index (κ3) is 3.88. The molecule has 2 unspecified atom stereocenters. The molecule has 2 atom stereocenters. The van der Waals surface area contributed by atoms with Crippen molar-refractivity contribution in [3.63, 3.8) is 0 Å². The van der Waals surface area contributed by atoms with Gasteiger partial charge in [0.15, 0.2) is 0 Å². The van der Waals surface area contributed by atoms with Crippen molar-refractivity contribution in [1.82, 2.24) is 5.32 Å². The Morgan fingerprint density at radius 2 is 2.04 bits per heavy atom. The molecular weight excluding hydrogens is 354 g/mol. The van der Waals surface area contributed by atoms with Gasteiger partial charge in [-0.1, -0.05) is 11.6 Å². The molecule has 1 aliphatic rings. The van der Waals surface area contributed by atoms with Crippen molar-refractivity contribution >= 4 is 17.5 Å². The van der Waals surface area contributed by atoms with Gasteiger partial charge in [0.05, 0.1) is 26.2 Å². The Labute approximate surface area is 158 Å². The van der Waals surface area contributed by atoms with E-state index in [1.807, 2.05) is 37.3 Å². The number of ether oxygens (including phenoxy) is 3. The highest BCUT2D eigenvalue weighted by Crippen LogP contribution is 2.32. The van der Waals surface area contributed by atoms with Crippen LogP contribution in [0.5, 0.6) is 17.2 Å². The summed E-state index contributed by atoms with van der Waals surface area (Å²) < 4.78 is 16.4. The van der Waals surface area contributed by atoms with Crippen LogP contribution in [0.15, 0.2) is 36.4 Å². The quantitative estimate of drug-likeness (QED) is 0.863. The Bertz CT molecular complexity index is 808. The number of hydrogen-bond donors (Lipinski definition) is 1. The van der Waals surface area contributed by atoms with Crippen molar-refractivity contribution in [1.29, 1.82) is 0 Å². The van der Waals surface area contributed by atoms with Crippen molar-refractivity contribution in [2.75, 3.05) is 20.8 Å². The molecule has 0 radical (unpaired) electrons. The van der Waals surface area contributed by atoms with Gasteiger partial charge in [-0.3, -0.25) is 4.79 Å². The predicted molar refractivity (Wildman–Crippen MR) is 100 cm³/mol. The molecule has 0 fully saturated rings. The minimum Gasteiger partial charge on any atom is -0.497 e. The first kappa shape index (κ1) is 18.4. The zero-order chi connectivity index (χ0) is 18.7. The van der Waals surface area contributed by atoms with Gasteiger partial charge in [0, 0.05) is 10.6 Å². The number of benzene rings is 2. The molecule has 6 heteroatoms. The van der Waals surface area contributed by atoms with E-state index < -0.39 is 0 Å². The first-order valence-electron chi connectivity index (χ1n) is 8.45. The largest absolute Gasteiger partial charge is 0.497 e. The Hall–Kier alpha value is -2.40. The van der Waals surface area contributed by atoms with Crippen molar-refractivity contribution in [2.24, 2.45) is 5.92 Å². The molecule has 2 aromatic rings. The van der Waals surface area contributed by atoms with Gasteiger partial charge in [0.25, 0.3) is 0 Å². The van der Waals surface area contributed by atoms with Crippen molar-refractivity contribution in [3.8, 4) is 17.2 Å². The average molecular weight is 376 g/mol. The lowest BCUT2D eigenvalue weighted by atomic mass is 9.95. The van der Waals surface area contributed by atoms with E-state index in [1.54, 1.807) is 20.3 Å². The zero-order valence-electron chi connectivity index (χ0n) is 15.0. The summed E-state index contributed by atoms with van der Waals surface area (Å²) in [5.74, 6) is 1.89. The van der Waals surface area contributed by atoms with Crippen LogP contribution in [-0.4, -0.2) is 26.7 Å². The minimum absolute atomic E-state index is 0.0620. The van der Waals surface area contributed by atoms with Crippen molar-refractivity contribution in [2.45, 2.75) is 19.4 Å². The second-order valence-corrected chi connectivity index (χ2v) is 6.74. The maximum Gasteiger partial charge on any atom is 0.227 e. The van der Waals surface area contributed by atoms with Crippen LogP contribution in [0.3, 0.4) is 0 Å². The number of fused-ring (bicyclic) bond motifs is 1. The molecule has 0 saturated carbocycles. The van der Waals surface area contributed by atoms with Crippen molar-refractivity contribution < 1.29 is 19.0 Å². The van der Waals surface area contributed by atoms with Crippen LogP contribution >= 0.6 is 11.6 Å². The van der Waals surface area contributed by atoms with Gasteiger partial charge in [0.1, 0.15) is 23.9 Å². The van der Waals surface area contributed by atoms with Gasteiger partial charge in [0.2, 0.25) is 5.91 Å². The number of hydrogen-bond acceptors (Lipinski definition) is 4. The fourth-order valence-corrected chi connectivity index (χ4v) is 3.31. The fraction of sp³-hybridized carbons (Fsp3) is 0.350. The lowest BCUT2D eigenvalue weighted by molar-refractivity contribution is -0.126. The first-order valence-corrected chi connectivity index (χ1v) is 8.83. The van der Waals surface area contributed by atoms with E-state index in [1.165, 1.54) is 0 Å². The third-order valence-electron chi connectivity index (χ3n) is 4.56. The molecule has 1 N–H and O–H groups in total. The van der Waals surface area contributed by atoms with E-state index in [-0.39, 0.29) is 17.9 Å². The van der Waals surface area contributed by atoms with Gasteiger partial charge < -0.3 is 19.5 Å². The van der Waals surface area contributed by atoms with E-state index in [0.29, 0.717) is 29.5 Å². The molecule has 1 heterocycles. The second-order valence-electron chi connectivity index (χ2n) is 6.30. The van der Waals surface area contributed by atoms with Gasteiger partial charge in [-0.05, 0) is 55.3 Å². The summed E-state index contributed by atoms with van der Waals surface area (Å²) in [6, 6.07) is 10.8. The Morgan fingerprint density at radius 1 is 1.23 bits per heavy atom. The number of amides is 1. The normalized spacial score (nSPS) is 16.8. The maximum absolute atomic E-state index is 12.7. The molecule has 0 aliphatic carbocycles. The van der Waals surface area contributed by atoms with E-state index in [0.717, 1.165) is 16.9 Å². The van der Waals surface area contributed by atoms with E-state index in [9.17, 15) is 4.79 Å². The second kappa shape index (κ2) is 7.87. The monoisotopic (exact) mass is 375 g/mol. The summed E-state index contributed by atoms with van der Waals surface area (Å²) in [4.78, 5) is 12.7. The molecule has 138 valence electrons. The predicted octanol–water partition coefficient (Wildman–Crippen LogP) is 3.79. The Morgan fingerprint density at radius 3 is 2.77 bits per heavy atom. The summed E-state index contributed by atoms with van der Waals surface area (Å²) in [5.41, 5.74) is 1.82. The smallest absolute Gasteiger partial charge is 0.227 e. The zero-order valence-corrected chi connectivity index (χ0v) is 15.8. The lowest BCUT2D eigenvalue weighted by Gasteiger charge is -2.26. The SMILES string of the molecule is COc1ccc(OC)c(C(C)NC(=O)C2COc3ccc(Cl)cc3C2)c1. The molecule has 0 bridgehead atoms. The molecule has 0 saturated heterocycles. The number of carbonyl (C=O) groups excluding carboxylic acids is 1. The molecular formula is C20H22ClNO4. The van der Waals surface area contributed by atoms with E-state index in [4.69, 9.17) is 25.8 Å². The van der Waals surface area contributed by atoms with Gasteiger partial charge in [-0.15, -0.1) is 0 Å². The highest BCUT2D eigenvalue weighted by Gasteiger charge is 2.27. The first-order chi connectivity index (χ1) is 12.5. The lowest BCUT2D eigenvalue weighted by Crippen LogP contribution is -2.38. The Kier molecular flexibility index (Phi) is 5.57. The van der Waals surface area contributed by atoms with E-state index in [2.05, 4.69) is 5.32 Å². The summed E-state index contributed by atoms with van der Waals surface area (Å²) in [6.45, 7) is 2.27. The van der Waals surface area contributed by atoms with Crippen LogP contribution in [0.4, 0.5) is 0 Å². The molecule has 0 spiro atoms. The fourth-order valence-electron chi connectivity index (χ4n) is 3.12. The van der Waals surface area contributed by atoms with Crippen LogP contribution in [0.25, 0.3) is 0 Å². The highest BCUT2D eigenvalue weighted by molar-refractivity contribution is 6.30. The molecule has 1 amide bonds. The average Bonchev–Trinajstić information content (AvgIpc) is 2.66. The van der Waals surface area contributed by atoms with Crippen molar-refractivity contribution in [3.05, 3.63) is 52.5 Å². The minimum atomic E-state index is -0.264. The topological polar surface area (TPSA) is 56.8 Å². The van der Waals surface area contributed by atoms with Gasteiger partial charge in [-0.25, -0.2) is 0 Å². The number of methoxy groups -OCH3 is 2. The molecule has 26 heavy (non-hydrogen) atoms. The summed E-state index contributed by atoms with van der Waals surface area (Å²) in [5, 5.41) is 3.69. The summed E-state index contributed by atoms with van der Waals surface area (Å²) >= 11 is 6.05. The molecule has 3 rings (SSSR count). The van der Waals surface area contributed by atoms with Gasteiger partial charge >= 0.3 is 0 Å². The molecule has 1 aliphatic heterocycles. The molecule has 0 aromatic heterocycles. The van der Waals surface area contributed by atoms with Crippen LogP contribution in [0.2, 0.25) is 5.02 Å². The standard InChI is InChI=1S/C20H22ClNO4/c1-12(17-10-16(24-2)5-7-19(17)25-3)22-20(23)14-8-13-9-15(21)4-6-18(13)26-11-14/h4-7,9-10,12,14H,8,11H2,1-3H3,(H,22,23). The Balaban J connectivity index is 1.72.